The van der Waals surface area contributed by atoms with Gasteiger partial charge in [0.05, 0.1) is 5.56 Å². The van der Waals surface area contributed by atoms with Crippen molar-refractivity contribution >= 4 is 40.3 Å². The van der Waals surface area contributed by atoms with Gasteiger partial charge in [0.25, 0.3) is 5.91 Å². The van der Waals surface area contributed by atoms with Crippen LogP contribution in [0.15, 0.2) is 29.6 Å². The second kappa shape index (κ2) is 7.32. The summed E-state index contributed by atoms with van der Waals surface area (Å²) < 4.78 is 0. The Morgan fingerprint density at radius 3 is 2.88 bits per heavy atom. The molecule has 0 saturated carbocycles. The second-order valence-electron chi connectivity index (χ2n) is 6.25. The fourth-order valence-corrected chi connectivity index (χ4v) is 4.32. The number of amides is 1. The van der Waals surface area contributed by atoms with Gasteiger partial charge in [0.1, 0.15) is 0 Å². The summed E-state index contributed by atoms with van der Waals surface area (Å²) in [6.07, 6.45) is 3.20. The normalized spacial score (nSPS) is 16.2. The molecular formula is C18H21N3OS2. The molecule has 0 fully saturated rings. The van der Waals surface area contributed by atoms with Crippen LogP contribution in [0.3, 0.4) is 0 Å². The molecule has 1 aromatic heterocycles. The number of benzene rings is 1. The summed E-state index contributed by atoms with van der Waals surface area (Å²) in [4.78, 5) is 13.8. The molecule has 0 saturated heterocycles. The summed E-state index contributed by atoms with van der Waals surface area (Å²) in [5.74, 6) is 0.576. The van der Waals surface area contributed by atoms with E-state index in [-0.39, 0.29) is 5.91 Å². The summed E-state index contributed by atoms with van der Waals surface area (Å²) in [6.45, 7) is 4.27. The Morgan fingerprint density at radius 2 is 2.08 bits per heavy atom. The molecule has 3 N–H and O–H groups in total. The average molecular weight is 360 g/mol. The van der Waals surface area contributed by atoms with Gasteiger partial charge in [-0.15, -0.1) is 11.3 Å². The number of aryl methyl sites for hydroxylation is 1. The van der Waals surface area contributed by atoms with E-state index in [1.165, 1.54) is 10.4 Å². The Labute approximate surface area is 151 Å². The van der Waals surface area contributed by atoms with Crippen LogP contribution in [0.25, 0.3) is 0 Å². The van der Waals surface area contributed by atoms with E-state index >= 15 is 0 Å². The number of anilines is 1. The molecule has 4 nitrogen and oxygen atoms in total. The largest absolute Gasteiger partial charge is 0.331 e. The molecule has 1 aliphatic rings. The van der Waals surface area contributed by atoms with Crippen LogP contribution < -0.4 is 16.2 Å². The third-order valence-corrected chi connectivity index (χ3v) is 5.58. The van der Waals surface area contributed by atoms with Crippen molar-refractivity contribution in [1.29, 1.82) is 0 Å². The van der Waals surface area contributed by atoms with E-state index in [1.807, 2.05) is 36.6 Å². The number of carbonyl (C=O) groups excluding carboxylic acids is 1. The van der Waals surface area contributed by atoms with Crippen LogP contribution in [0, 0.1) is 12.8 Å². The molecule has 6 heteroatoms. The Hall–Kier alpha value is -1.92. The maximum atomic E-state index is 12.4. The Morgan fingerprint density at radius 1 is 1.29 bits per heavy atom. The fourth-order valence-electron chi connectivity index (χ4n) is 2.92. The van der Waals surface area contributed by atoms with E-state index in [1.54, 1.807) is 11.3 Å². The standard InChI is InChI=1S/C18H21N3OS2/c1-11-7-8-13-14(10-24-16(13)9-11)17(22)20-21-18(23)19-15-6-4-3-5-12(15)2/h3-6,10-11H,7-9H2,1-2H3,(H,20,22)(H2,19,21,23)/t11-/m0/s1. The van der Waals surface area contributed by atoms with Crippen LogP contribution in [0.4, 0.5) is 5.69 Å². The van der Waals surface area contributed by atoms with E-state index in [9.17, 15) is 4.79 Å². The lowest BCUT2D eigenvalue weighted by atomic mass is 9.88. The molecule has 1 aromatic carbocycles. The summed E-state index contributed by atoms with van der Waals surface area (Å²) in [7, 11) is 0. The van der Waals surface area contributed by atoms with Gasteiger partial charge in [-0.3, -0.25) is 15.6 Å². The van der Waals surface area contributed by atoms with Gasteiger partial charge < -0.3 is 5.32 Å². The zero-order valence-corrected chi connectivity index (χ0v) is 15.4. The average Bonchev–Trinajstić information content (AvgIpc) is 2.98. The summed E-state index contributed by atoms with van der Waals surface area (Å²) >= 11 is 6.93. The first-order valence-corrected chi connectivity index (χ1v) is 9.35. The molecule has 2 aromatic rings. The van der Waals surface area contributed by atoms with Gasteiger partial charge in [-0.25, -0.2) is 0 Å². The Kier molecular flexibility index (Phi) is 5.16. The number of hydrogen-bond donors (Lipinski definition) is 3. The predicted molar refractivity (Wildman–Crippen MR) is 104 cm³/mol. The summed E-state index contributed by atoms with van der Waals surface area (Å²) in [5.41, 5.74) is 9.48. The third kappa shape index (κ3) is 3.76. The summed E-state index contributed by atoms with van der Waals surface area (Å²) in [6, 6.07) is 7.86. The van der Waals surface area contributed by atoms with Gasteiger partial charge in [0.2, 0.25) is 0 Å². The van der Waals surface area contributed by atoms with E-state index < -0.39 is 0 Å². The van der Waals surface area contributed by atoms with Gasteiger partial charge in [-0.1, -0.05) is 25.1 Å². The molecule has 0 bridgehead atoms. The van der Waals surface area contributed by atoms with Crippen molar-refractivity contribution in [3.8, 4) is 0 Å². The lowest BCUT2D eigenvalue weighted by Crippen LogP contribution is -2.44. The van der Waals surface area contributed by atoms with Crippen molar-refractivity contribution < 1.29 is 4.79 Å². The molecule has 3 rings (SSSR count). The number of rotatable bonds is 2. The zero-order chi connectivity index (χ0) is 17.1. The molecule has 24 heavy (non-hydrogen) atoms. The molecular weight excluding hydrogens is 338 g/mol. The van der Waals surface area contributed by atoms with Gasteiger partial charge >= 0.3 is 0 Å². The first kappa shape index (κ1) is 16.9. The second-order valence-corrected chi connectivity index (χ2v) is 7.62. The number of thiophene rings is 1. The number of nitrogens with one attached hydrogen (secondary N) is 3. The molecule has 126 valence electrons. The van der Waals surface area contributed by atoms with Crippen molar-refractivity contribution in [2.75, 3.05) is 5.32 Å². The molecule has 0 unspecified atom stereocenters. The maximum absolute atomic E-state index is 12.4. The van der Waals surface area contributed by atoms with Gasteiger partial charge in [-0.05, 0) is 61.5 Å². The maximum Gasteiger partial charge on any atom is 0.270 e. The van der Waals surface area contributed by atoms with Gasteiger partial charge in [0, 0.05) is 15.9 Å². The first-order chi connectivity index (χ1) is 11.5. The molecule has 1 atom stereocenters. The first-order valence-electron chi connectivity index (χ1n) is 8.07. The molecule has 1 amide bonds. The Bertz CT molecular complexity index is 769. The van der Waals surface area contributed by atoms with Crippen LogP contribution in [0.5, 0.6) is 0 Å². The van der Waals surface area contributed by atoms with Crippen molar-refractivity contribution in [2.45, 2.75) is 33.1 Å². The quantitative estimate of drug-likeness (QED) is 0.564. The van der Waals surface area contributed by atoms with Gasteiger partial charge in [0.15, 0.2) is 5.11 Å². The van der Waals surface area contributed by atoms with Crippen LogP contribution >= 0.6 is 23.6 Å². The lowest BCUT2D eigenvalue weighted by molar-refractivity contribution is 0.0943. The minimum absolute atomic E-state index is 0.129. The molecule has 0 spiro atoms. The van der Waals surface area contributed by atoms with Crippen molar-refractivity contribution in [3.63, 3.8) is 0 Å². The number of hydrazine groups is 1. The molecule has 1 aliphatic carbocycles. The van der Waals surface area contributed by atoms with Crippen LogP contribution in [-0.4, -0.2) is 11.0 Å². The molecule has 1 heterocycles. The SMILES string of the molecule is Cc1ccccc1NC(=S)NNC(=O)c1csc2c1CC[C@H](C)C2. The number of hydrogen-bond acceptors (Lipinski definition) is 3. The zero-order valence-electron chi connectivity index (χ0n) is 13.8. The van der Waals surface area contributed by atoms with Crippen LogP contribution in [0.2, 0.25) is 0 Å². The van der Waals surface area contributed by atoms with E-state index in [4.69, 9.17) is 12.2 Å². The van der Waals surface area contributed by atoms with Crippen molar-refractivity contribution in [1.82, 2.24) is 10.9 Å². The highest BCUT2D eigenvalue weighted by Crippen LogP contribution is 2.32. The third-order valence-electron chi connectivity index (χ3n) is 4.33. The minimum atomic E-state index is -0.129. The van der Waals surface area contributed by atoms with E-state index in [0.717, 1.165) is 36.1 Å². The van der Waals surface area contributed by atoms with Crippen molar-refractivity contribution in [3.05, 3.63) is 51.2 Å². The van der Waals surface area contributed by atoms with Crippen LogP contribution in [-0.2, 0) is 12.8 Å². The number of fused-ring (bicyclic) bond motifs is 1. The number of thiocarbonyl (C=S) groups is 1. The van der Waals surface area contributed by atoms with Gasteiger partial charge in [-0.2, -0.15) is 0 Å². The van der Waals surface area contributed by atoms with E-state index in [0.29, 0.717) is 11.0 Å². The minimum Gasteiger partial charge on any atom is -0.331 e. The number of carbonyl (C=O) groups is 1. The van der Waals surface area contributed by atoms with Crippen LogP contribution in [0.1, 0.15) is 39.7 Å². The highest BCUT2D eigenvalue weighted by atomic mass is 32.1. The Balaban J connectivity index is 1.58. The lowest BCUT2D eigenvalue weighted by Gasteiger charge is -2.19. The smallest absolute Gasteiger partial charge is 0.270 e. The summed E-state index contributed by atoms with van der Waals surface area (Å²) in [5, 5.41) is 5.41. The highest BCUT2D eigenvalue weighted by molar-refractivity contribution is 7.80. The monoisotopic (exact) mass is 359 g/mol. The highest BCUT2D eigenvalue weighted by Gasteiger charge is 2.23. The van der Waals surface area contributed by atoms with E-state index in [2.05, 4.69) is 23.1 Å². The fraction of sp³-hybridized carbons (Fsp3) is 0.333. The molecule has 0 radical (unpaired) electrons. The topological polar surface area (TPSA) is 53.2 Å². The number of para-hydroxylation sites is 1. The predicted octanol–water partition coefficient (Wildman–Crippen LogP) is 3.81. The van der Waals surface area contributed by atoms with Crippen molar-refractivity contribution in [2.24, 2.45) is 5.92 Å². The molecule has 0 aliphatic heterocycles.